The summed E-state index contributed by atoms with van der Waals surface area (Å²) in [6.45, 7) is 5.33. The maximum absolute atomic E-state index is 12.4. The Kier molecular flexibility index (Phi) is 8.36. The lowest BCUT2D eigenvalue weighted by Gasteiger charge is -2.34. The van der Waals surface area contributed by atoms with E-state index in [-0.39, 0.29) is 24.8 Å². The topological polar surface area (TPSA) is 120 Å². The highest BCUT2D eigenvalue weighted by molar-refractivity contribution is 5.96. The molecule has 0 atom stereocenters. The predicted octanol–water partition coefficient (Wildman–Crippen LogP) is 1.48. The van der Waals surface area contributed by atoms with Crippen LogP contribution in [0.2, 0.25) is 0 Å². The molecule has 0 unspecified atom stereocenters. The first-order chi connectivity index (χ1) is 15.6. The highest BCUT2D eigenvalue weighted by Crippen LogP contribution is 2.11. The number of anilines is 2. The fourth-order valence-electron chi connectivity index (χ4n) is 3.31. The van der Waals surface area contributed by atoms with Gasteiger partial charge in [0.25, 0.3) is 5.91 Å². The first-order valence-corrected chi connectivity index (χ1v) is 10.8. The normalized spacial score (nSPS) is 13.4. The number of nitrogens with zero attached hydrogens (tertiary/aromatic N) is 4. The van der Waals surface area contributed by atoms with E-state index >= 15 is 0 Å². The summed E-state index contributed by atoms with van der Waals surface area (Å²) in [4.78, 5) is 49.0. The number of nitrogens with one attached hydrogen (secondary N) is 3. The molecular weight excluding hydrogens is 410 g/mol. The second-order valence-corrected chi connectivity index (χ2v) is 7.38. The van der Waals surface area contributed by atoms with Gasteiger partial charge in [0, 0.05) is 69.3 Å². The van der Waals surface area contributed by atoms with Crippen molar-refractivity contribution < 1.29 is 14.4 Å². The van der Waals surface area contributed by atoms with E-state index in [1.165, 1.54) is 0 Å². The average Bonchev–Trinajstić information content (AvgIpc) is 2.83. The van der Waals surface area contributed by atoms with Crippen molar-refractivity contribution in [2.24, 2.45) is 0 Å². The van der Waals surface area contributed by atoms with Crippen molar-refractivity contribution in [1.29, 1.82) is 0 Å². The number of piperazine rings is 1. The number of amides is 4. The lowest BCUT2D eigenvalue weighted by Crippen LogP contribution is -2.49. The van der Waals surface area contributed by atoms with Crippen LogP contribution in [0.3, 0.4) is 0 Å². The van der Waals surface area contributed by atoms with Crippen LogP contribution in [0.5, 0.6) is 0 Å². The van der Waals surface area contributed by atoms with E-state index in [0.717, 1.165) is 6.42 Å². The molecule has 170 valence electrons. The Hall–Kier alpha value is -3.69. The first kappa shape index (κ1) is 23.0. The van der Waals surface area contributed by atoms with Crippen LogP contribution in [-0.4, -0.2) is 72.0 Å². The minimum atomic E-state index is -0.421. The van der Waals surface area contributed by atoms with Crippen LogP contribution in [0, 0.1) is 0 Å². The molecule has 1 aromatic heterocycles. The zero-order chi connectivity index (χ0) is 22.8. The molecule has 10 nitrogen and oxygen atoms in total. The third kappa shape index (κ3) is 6.66. The average molecular weight is 440 g/mol. The largest absolute Gasteiger partial charge is 0.352 e. The lowest BCUT2D eigenvalue weighted by atomic mass is 10.2. The molecule has 2 heterocycles. The number of carbonyl (C=O) groups excluding carboxylic acids is 3. The van der Waals surface area contributed by atoms with E-state index in [2.05, 4.69) is 25.9 Å². The number of benzene rings is 1. The molecule has 0 saturated carbocycles. The summed E-state index contributed by atoms with van der Waals surface area (Å²) in [7, 11) is 0. The SMILES string of the molecule is CCCNC(=O)c1cccc(NC(=O)NCCC(=O)N2CCN(c3ncccn3)CC2)c1. The number of urea groups is 1. The Bertz CT molecular complexity index is 915. The van der Waals surface area contributed by atoms with Gasteiger partial charge in [-0.15, -0.1) is 0 Å². The molecule has 32 heavy (non-hydrogen) atoms. The van der Waals surface area contributed by atoms with E-state index < -0.39 is 6.03 Å². The minimum Gasteiger partial charge on any atom is -0.352 e. The lowest BCUT2D eigenvalue weighted by molar-refractivity contribution is -0.131. The quantitative estimate of drug-likeness (QED) is 0.573. The van der Waals surface area contributed by atoms with Crippen LogP contribution in [-0.2, 0) is 4.79 Å². The highest BCUT2D eigenvalue weighted by Gasteiger charge is 2.22. The van der Waals surface area contributed by atoms with Crippen LogP contribution < -0.4 is 20.9 Å². The van der Waals surface area contributed by atoms with Gasteiger partial charge in [0.2, 0.25) is 11.9 Å². The van der Waals surface area contributed by atoms with Gasteiger partial charge in [0.15, 0.2) is 0 Å². The van der Waals surface area contributed by atoms with Gasteiger partial charge in [0.1, 0.15) is 0 Å². The number of aromatic nitrogens is 2. The van der Waals surface area contributed by atoms with Gasteiger partial charge >= 0.3 is 6.03 Å². The van der Waals surface area contributed by atoms with Gasteiger partial charge in [-0.05, 0) is 30.7 Å². The molecule has 1 aliphatic rings. The smallest absolute Gasteiger partial charge is 0.319 e. The van der Waals surface area contributed by atoms with E-state index in [9.17, 15) is 14.4 Å². The van der Waals surface area contributed by atoms with Crippen molar-refractivity contribution in [3.8, 4) is 0 Å². The van der Waals surface area contributed by atoms with Crippen molar-refractivity contribution in [1.82, 2.24) is 25.5 Å². The summed E-state index contributed by atoms with van der Waals surface area (Å²) >= 11 is 0. The Labute approximate surface area is 187 Å². The third-order valence-electron chi connectivity index (χ3n) is 5.01. The molecule has 1 aliphatic heterocycles. The van der Waals surface area contributed by atoms with E-state index in [4.69, 9.17) is 0 Å². The van der Waals surface area contributed by atoms with Gasteiger partial charge < -0.3 is 25.8 Å². The van der Waals surface area contributed by atoms with Crippen LogP contribution in [0.25, 0.3) is 0 Å². The maximum atomic E-state index is 12.4. The molecular formula is C22H29N7O3. The zero-order valence-electron chi connectivity index (χ0n) is 18.2. The van der Waals surface area contributed by atoms with Crippen molar-refractivity contribution in [2.75, 3.05) is 49.5 Å². The van der Waals surface area contributed by atoms with Crippen molar-refractivity contribution in [3.05, 3.63) is 48.3 Å². The molecule has 0 radical (unpaired) electrons. The number of hydrogen-bond donors (Lipinski definition) is 3. The van der Waals surface area contributed by atoms with E-state index in [1.54, 1.807) is 47.6 Å². The van der Waals surface area contributed by atoms with Crippen LogP contribution in [0.1, 0.15) is 30.1 Å². The van der Waals surface area contributed by atoms with E-state index in [0.29, 0.717) is 49.9 Å². The van der Waals surface area contributed by atoms with Gasteiger partial charge in [0.05, 0.1) is 0 Å². The maximum Gasteiger partial charge on any atom is 0.319 e. The van der Waals surface area contributed by atoms with Crippen LogP contribution in [0.15, 0.2) is 42.7 Å². The Morgan fingerprint density at radius 1 is 0.969 bits per heavy atom. The highest BCUT2D eigenvalue weighted by atomic mass is 16.2. The summed E-state index contributed by atoms with van der Waals surface area (Å²) in [6, 6.07) is 8.07. The fraction of sp³-hybridized carbons (Fsp3) is 0.409. The van der Waals surface area contributed by atoms with Crippen LogP contribution >= 0.6 is 0 Å². The second-order valence-electron chi connectivity index (χ2n) is 7.38. The summed E-state index contributed by atoms with van der Waals surface area (Å²) in [5.74, 6) is 0.485. The standard InChI is InChI=1S/C22H29N7O3/c1-2-8-23-20(31)17-5-3-6-18(16-17)27-22(32)26-11-7-19(30)28-12-14-29(15-13-28)21-24-9-4-10-25-21/h3-6,9-10,16H,2,7-8,11-15H2,1H3,(H,23,31)(H2,26,27,32). The predicted molar refractivity (Wildman–Crippen MR) is 122 cm³/mol. The summed E-state index contributed by atoms with van der Waals surface area (Å²) < 4.78 is 0. The van der Waals surface area contributed by atoms with Crippen molar-refractivity contribution in [3.63, 3.8) is 0 Å². The van der Waals surface area contributed by atoms with Crippen molar-refractivity contribution >= 4 is 29.5 Å². The Balaban J connectivity index is 1.38. The molecule has 10 heteroatoms. The number of carbonyl (C=O) groups is 3. The number of hydrogen-bond acceptors (Lipinski definition) is 6. The molecule has 1 fully saturated rings. The minimum absolute atomic E-state index is 0.00600. The van der Waals surface area contributed by atoms with Crippen LogP contribution in [0.4, 0.5) is 16.4 Å². The summed E-state index contributed by atoms with van der Waals surface area (Å²) in [5, 5.41) is 8.18. The number of rotatable bonds is 8. The Morgan fingerprint density at radius 3 is 2.44 bits per heavy atom. The molecule has 0 bridgehead atoms. The molecule has 3 rings (SSSR count). The zero-order valence-corrected chi connectivity index (χ0v) is 18.2. The summed E-state index contributed by atoms with van der Waals surface area (Å²) in [6.07, 6.45) is 4.47. The molecule has 1 aromatic carbocycles. The molecule has 4 amide bonds. The summed E-state index contributed by atoms with van der Waals surface area (Å²) in [5.41, 5.74) is 0.990. The molecule has 3 N–H and O–H groups in total. The van der Waals surface area contributed by atoms with Gasteiger partial charge in [-0.3, -0.25) is 9.59 Å². The second kappa shape index (κ2) is 11.6. The van der Waals surface area contributed by atoms with E-state index in [1.807, 2.05) is 11.8 Å². The monoisotopic (exact) mass is 439 g/mol. The fourth-order valence-corrected chi connectivity index (χ4v) is 3.31. The molecule has 0 aliphatic carbocycles. The first-order valence-electron chi connectivity index (χ1n) is 10.8. The Morgan fingerprint density at radius 2 is 1.72 bits per heavy atom. The molecule has 2 aromatic rings. The van der Waals surface area contributed by atoms with Gasteiger partial charge in [-0.2, -0.15) is 0 Å². The molecule has 1 saturated heterocycles. The third-order valence-corrected chi connectivity index (χ3v) is 5.01. The van der Waals surface area contributed by atoms with Crippen molar-refractivity contribution in [2.45, 2.75) is 19.8 Å². The molecule has 0 spiro atoms. The van der Waals surface area contributed by atoms with Gasteiger partial charge in [-0.1, -0.05) is 13.0 Å². The van der Waals surface area contributed by atoms with Gasteiger partial charge in [-0.25, -0.2) is 14.8 Å².